The fourth-order valence-electron chi connectivity index (χ4n) is 2.28. The van der Waals surface area contributed by atoms with Crippen LogP contribution in [0.1, 0.15) is 0 Å². The number of benzene rings is 3. The monoisotopic (exact) mass is 337 g/mol. The Labute approximate surface area is 133 Å². The highest BCUT2D eigenvalue weighted by Crippen LogP contribution is 2.31. The van der Waals surface area contributed by atoms with Gasteiger partial charge in [-0.3, -0.25) is 0 Å². The minimum Gasteiger partial charge on any atom is -0.204 e. The number of halogens is 6. The summed E-state index contributed by atoms with van der Waals surface area (Å²) in [6.07, 6.45) is 0. The molecule has 121 valence electrons. The summed E-state index contributed by atoms with van der Waals surface area (Å²) in [7, 11) is 0. The summed E-state index contributed by atoms with van der Waals surface area (Å²) in [5, 5.41) is 0. The van der Waals surface area contributed by atoms with E-state index in [9.17, 15) is 26.3 Å². The zero-order chi connectivity index (χ0) is 17.4. The average molecular weight is 337 g/mol. The third-order valence-corrected chi connectivity index (χ3v) is 3.48. The van der Waals surface area contributed by atoms with Gasteiger partial charge in [0.05, 0.1) is 0 Å². The molecule has 0 amide bonds. The molecular weight excluding hydrogens is 330 g/mol. The zero-order valence-electron chi connectivity index (χ0n) is 11.8. The Morgan fingerprint density at radius 1 is 0.542 bits per heavy atom. The van der Waals surface area contributed by atoms with Crippen molar-refractivity contribution in [1.82, 2.24) is 0 Å². The zero-order valence-corrected chi connectivity index (χ0v) is 11.8. The van der Waals surface area contributed by atoms with Crippen molar-refractivity contribution in [2.45, 2.75) is 0 Å². The molecule has 0 heterocycles. The lowest BCUT2D eigenvalue weighted by Crippen LogP contribution is -1.96. The lowest BCUT2D eigenvalue weighted by Gasteiger charge is -2.09. The molecule has 3 aromatic carbocycles. The number of hydrogen-bond acceptors (Lipinski definition) is 0. The van der Waals surface area contributed by atoms with E-state index in [0.717, 1.165) is 24.3 Å². The molecule has 3 aromatic rings. The van der Waals surface area contributed by atoms with Crippen molar-refractivity contribution >= 4 is 0 Å². The van der Waals surface area contributed by atoms with Gasteiger partial charge in [-0.25, -0.2) is 26.3 Å². The molecule has 3 rings (SSSR count). The molecule has 0 aliphatic rings. The van der Waals surface area contributed by atoms with Crippen LogP contribution in [-0.4, -0.2) is 0 Å². The largest absolute Gasteiger partial charge is 0.204 e. The van der Waals surface area contributed by atoms with E-state index >= 15 is 0 Å². The Hall–Kier alpha value is -2.76. The van der Waals surface area contributed by atoms with E-state index in [1.54, 1.807) is 0 Å². The average Bonchev–Trinajstić information content (AvgIpc) is 2.58. The van der Waals surface area contributed by atoms with Gasteiger partial charge in [-0.2, -0.15) is 0 Å². The molecule has 0 N–H and O–H groups in total. The summed E-state index contributed by atoms with van der Waals surface area (Å²) in [6.45, 7) is 0. The highest BCUT2D eigenvalue weighted by molar-refractivity contribution is 5.73. The van der Waals surface area contributed by atoms with E-state index in [2.05, 4.69) is 6.07 Å². The van der Waals surface area contributed by atoms with Gasteiger partial charge in [0, 0.05) is 11.1 Å². The standard InChI is InChI=1S/C18H7F6/c19-13-6-4-11(15(21)17(13)23)9-2-1-3-10(8-9)12-5-7-14(20)18(24)16(12)22/h2-8H. The molecule has 1 radical (unpaired) electrons. The fourth-order valence-corrected chi connectivity index (χ4v) is 2.28. The van der Waals surface area contributed by atoms with E-state index in [0.29, 0.717) is 0 Å². The lowest BCUT2D eigenvalue weighted by molar-refractivity contribution is 0.449. The van der Waals surface area contributed by atoms with Gasteiger partial charge in [0.2, 0.25) is 0 Å². The summed E-state index contributed by atoms with van der Waals surface area (Å²) in [6, 6.07) is 9.90. The fraction of sp³-hybridized carbons (Fsp3) is 0. The molecular formula is C18H7F6. The molecule has 0 aliphatic heterocycles. The van der Waals surface area contributed by atoms with E-state index < -0.39 is 34.9 Å². The Morgan fingerprint density at radius 2 is 0.958 bits per heavy atom. The normalized spacial score (nSPS) is 10.9. The van der Waals surface area contributed by atoms with Crippen LogP contribution >= 0.6 is 0 Å². The van der Waals surface area contributed by atoms with Crippen LogP contribution in [0.3, 0.4) is 0 Å². The molecule has 0 nitrogen and oxygen atoms in total. The molecule has 0 aliphatic carbocycles. The van der Waals surface area contributed by atoms with Gasteiger partial charge >= 0.3 is 0 Å². The van der Waals surface area contributed by atoms with Gasteiger partial charge in [-0.15, -0.1) is 0 Å². The van der Waals surface area contributed by atoms with Crippen LogP contribution in [0, 0.1) is 41.0 Å². The van der Waals surface area contributed by atoms with Crippen molar-refractivity contribution in [3.63, 3.8) is 0 Å². The summed E-state index contributed by atoms with van der Waals surface area (Å²) in [4.78, 5) is 0. The van der Waals surface area contributed by atoms with E-state index in [4.69, 9.17) is 0 Å². The SMILES string of the molecule is Fc1ccc(-c2c[c]cc(-c3ccc(F)c(F)c3F)c2)c(F)c1F. The molecule has 0 aromatic heterocycles. The Bertz CT molecular complexity index is 860. The maximum Gasteiger partial charge on any atom is 0.195 e. The van der Waals surface area contributed by atoms with Crippen molar-refractivity contribution in [3.8, 4) is 22.3 Å². The van der Waals surface area contributed by atoms with Crippen molar-refractivity contribution in [2.75, 3.05) is 0 Å². The van der Waals surface area contributed by atoms with Crippen LogP contribution in [0.5, 0.6) is 0 Å². The summed E-state index contributed by atoms with van der Waals surface area (Å²) >= 11 is 0. The van der Waals surface area contributed by atoms with E-state index in [-0.39, 0.29) is 22.3 Å². The topological polar surface area (TPSA) is 0 Å². The predicted molar refractivity (Wildman–Crippen MR) is 75.9 cm³/mol. The minimum atomic E-state index is -1.64. The maximum atomic E-state index is 13.9. The van der Waals surface area contributed by atoms with Crippen LogP contribution in [-0.2, 0) is 0 Å². The second-order valence-electron chi connectivity index (χ2n) is 4.96. The molecule has 6 heteroatoms. The molecule has 0 saturated carbocycles. The first-order chi connectivity index (χ1) is 11.4. The highest BCUT2D eigenvalue weighted by atomic mass is 19.2. The third-order valence-electron chi connectivity index (χ3n) is 3.48. The van der Waals surface area contributed by atoms with Crippen molar-refractivity contribution in [1.29, 1.82) is 0 Å². The van der Waals surface area contributed by atoms with Gasteiger partial charge in [-0.05, 0) is 59.7 Å². The third kappa shape index (κ3) is 2.64. The second kappa shape index (κ2) is 6.03. The van der Waals surface area contributed by atoms with Gasteiger partial charge < -0.3 is 0 Å². The summed E-state index contributed by atoms with van der Waals surface area (Å²) in [5.41, 5.74) is -0.383. The van der Waals surface area contributed by atoms with Crippen molar-refractivity contribution in [3.05, 3.63) is 83.4 Å². The van der Waals surface area contributed by atoms with Crippen LogP contribution < -0.4 is 0 Å². The van der Waals surface area contributed by atoms with Gasteiger partial charge in [0.15, 0.2) is 34.9 Å². The van der Waals surface area contributed by atoms with Crippen LogP contribution in [0.25, 0.3) is 22.3 Å². The molecule has 0 spiro atoms. The number of rotatable bonds is 2. The molecule has 0 atom stereocenters. The summed E-state index contributed by atoms with van der Waals surface area (Å²) < 4.78 is 80.4. The second-order valence-corrected chi connectivity index (χ2v) is 4.96. The van der Waals surface area contributed by atoms with Crippen molar-refractivity contribution < 1.29 is 26.3 Å². The van der Waals surface area contributed by atoms with Gasteiger partial charge in [-0.1, -0.05) is 0 Å². The molecule has 0 bridgehead atoms. The smallest absolute Gasteiger partial charge is 0.195 e. The first kappa shape index (κ1) is 16.1. The van der Waals surface area contributed by atoms with Gasteiger partial charge in [0.25, 0.3) is 0 Å². The van der Waals surface area contributed by atoms with E-state index in [1.165, 1.54) is 18.2 Å². The molecule has 24 heavy (non-hydrogen) atoms. The lowest BCUT2D eigenvalue weighted by atomic mass is 9.98. The number of hydrogen-bond donors (Lipinski definition) is 0. The first-order valence-electron chi connectivity index (χ1n) is 6.69. The first-order valence-corrected chi connectivity index (χ1v) is 6.69. The quantitative estimate of drug-likeness (QED) is 0.418. The minimum absolute atomic E-state index is 0.0769. The van der Waals surface area contributed by atoms with Gasteiger partial charge in [0.1, 0.15) is 0 Å². The highest BCUT2D eigenvalue weighted by Gasteiger charge is 2.17. The predicted octanol–water partition coefficient (Wildman–Crippen LogP) is 5.66. The van der Waals surface area contributed by atoms with E-state index in [1.807, 2.05) is 0 Å². The molecule has 0 saturated heterocycles. The molecule has 0 unspecified atom stereocenters. The van der Waals surface area contributed by atoms with Crippen LogP contribution in [0.4, 0.5) is 26.3 Å². The summed E-state index contributed by atoms with van der Waals surface area (Å²) in [5.74, 6) is -8.79. The maximum absolute atomic E-state index is 13.9. The van der Waals surface area contributed by atoms with Crippen molar-refractivity contribution in [2.24, 2.45) is 0 Å². The van der Waals surface area contributed by atoms with Crippen LogP contribution in [0.2, 0.25) is 0 Å². The Morgan fingerprint density at radius 3 is 1.38 bits per heavy atom. The molecule has 0 fully saturated rings. The Kier molecular flexibility index (Phi) is 4.05. The Balaban J connectivity index is 2.15. The van der Waals surface area contributed by atoms with Crippen LogP contribution in [0.15, 0.2) is 42.5 Å².